The predicted octanol–water partition coefficient (Wildman–Crippen LogP) is 1.15. The number of primary amides is 1. The molecule has 0 unspecified atom stereocenters. The Morgan fingerprint density at radius 3 is 2.67 bits per heavy atom. The van der Waals surface area contributed by atoms with E-state index in [4.69, 9.17) is 10.5 Å². The normalized spacial score (nSPS) is 10.1. The predicted molar refractivity (Wildman–Crippen MR) is 67.6 cm³/mol. The van der Waals surface area contributed by atoms with E-state index >= 15 is 0 Å². The highest BCUT2D eigenvalue weighted by Crippen LogP contribution is 2.21. The third kappa shape index (κ3) is 2.24. The number of aromatic amines is 1. The van der Waals surface area contributed by atoms with Crippen LogP contribution >= 0.6 is 0 Å². The maximum Gasteiger partial charge on any atom is 0.261 e. The molecule has 2 aromatic rings. The SMILES string of the molecule is COc1cccc(-c2ccc(C(N)=O)c(=O)[nH]2)c1. The molecule has 0 bridgehead atoms. The molecule has 2 rings (SSSR count). The first-order chi connectivity index (χ1) is 8.61. The van der Waals surface area contributed by atoms with Crippen LogP contribution in [0.1, 0.15) is 10.4 Å². The Kier molecular flexibility index (Phi) is 3.14. The van der Waals surface area contributed by atoms with Gasteiger partial charge >= 0.3 is 0 Å². The lowest BCUT2D eigenvalue weighted by molar-refractivity contribution is 0.0999. The zero-order valence-corrected chi connectivity index (χ0v) is 9.77. The molecule has 5 nitrogen and oxygen atoms in total. The number of hydrogen-bond donors (Lipinski definition) is 2. The second kappa shape index (κ2) is 4.75. The lowest BCUT2D eigenvalue weighted by atomic mass is 10.1. The third-order valence-electron chi connectivity index (χ3n) is 2.56. The van der Waals surface area contributed by atoms with Crippen molar-refractivity contribution in [1.82, 2.24) is 4.98 Å². The summed E-state index contributed by atoms with van der Waals surface area (Å²) in [5, 5.41) is 0. The summed E-state index contributed by atoms with van der Waals surface area (Å²) in [7, 11) is 1.57. The molecular formula is C13H12N2O3. The Bertz CT molecular complexity index is 647. The molecule has 1 amide bonds. The third-order valence-corrected chi connectivity index (χ3v) is 2.56. The minimum Gasteiger partial charge on any atom is -0.497 e. The monoisotopic (exact) mass is 244 g/mol. The fourth-order valence-electron chi connectivity index (χ4n) is 1.63. The molecule has 0 fully saturated rings. The fraction of sp³-hybridized carbons (Fsp3) is 0.0769. The topological polar surface area (TPSA) is 85.2 Å². The Morgan fingerprint density at radius 1 is 1.28 bits per heavy atom. The number of carbonyl (C=O) groups excluding carboxylic acids is 1. The van der Waals surface area contributed by atoms with Gasteiger partial charge in [0.05, 0.1) is 7.11 Å². The first-order valence-electron chi connectivity index (χ1n) is 5.29. The number of nitrogens with two attached hydrogens (primary N) is 1. The largest absolute Gasteiger partial charge is 0.497 e. The lowest BCUT2D eigenvalue weighted by Crippen LogP contribution is -2.23. The maximum atomic E-state index is 11.6. The van der Waals surface area contributed by atoms with Gasteiger partial charge in [-0.15, -0.1) is 0 Å². The molecule has 92 valence electrons. The molecule has 5 heteroatoms. The summed E-state index contributed by atoms with van der Waals surface area (Å²) in [5.74, 6) is -0.0548. The summed E-state index contributed by atoms with van der Waals surface area (Å²) in [6, 6.07) is 10.3. The van der Waals surface area contributed by atoms with Gasteiger partial charge in [0.1, 0.15) is 11.3 Å². The van der Waals surface area contributed by atoms with Crippen molar-refractivity contribution >= 4 is 5.91 Å². The molecule has 0 aliphatic carbocycles. The number of hydrogen-bond acceptors (Lipinski definition) is 3. The van der Waals surface area contributed by atoms with E-state index in [1.165, 1.54) is 6.07 Å². The van der Waals surface area contributed by atoms with Crippen LogP contribution in [0.2, 0.25) is 0 Å². The summed E-state index contributed by atoms with van der Waals surface area (Å²) in [6.45, 7) is 0. The van der Waals surface area contributed by atoms with E-state index in [9.17, 15) is 9.59 Å². The van der Waals surface area contributed by atoms with Gasteiger partial charge in [-0.2, -0.15) is 0 Å². The number of pyridine rings is 1. The number of methoxy groups -OCH3 is 1. The van der Waals surface area contributed by atoms with Crippen LogP contribution in [0.15, 0.2) is 41.2 Å². The van der Waals surface area contributed by atoms with Gasteiger partial charge in [0.25, 0.3) is 11.5 Å². The van der Waals surface area contributed by atoms with Crippen LogP contribution in [0.3, 0.4) is 0 Å². The van der Waals surface area contributed by atoms with Crippen LogP contribution in [0.4, 0.5) is 0 Å². The molecule has 3 N–H and O–H groups in total. The average Bonchev–Trinajstić information content (AvgIpc) is 2.38. The lowest BCUT2D eigenvalue weighted by Gasteiger charge is -2.05. The Balaban J connectivity index is 2.48. The zero-order valence-electron chi connectivity index (χ0n) is 9.77. The molecule has 0 atom stereocenters. The van der Waals surface area contributed by atoms with E-state index < -0.39 is 11.5 Å². The van der Waals surface area contributed by atoms with Gasteiger partial charge in [-0.3, -0.25) is 9.59 Å². The molecule has 0 saturated carbocycles. The van der Waals surface area contributed by atoms with Crippen LogP contribution in [0.25, 0.3) is 11.3 Å². The van der Waals surface area contributed by atoms with Crippen molar-refractivity contribution in [2.24, 2.45) is 5.73 Å². The second-order valence-electron chi connectivity index (χ2n) is 3.71. The molecule has 0 saturated heterocycles. The van der Waals surface area contributed by atoms with Crippen LogP contribution < -0.4 is 16.0 Å². The number of carbonyl (C=O) groups is 1. The smallest absolute Gasteiger partial charge is 0.261 e. The van der Waals surface area contributed by atoms with E-state index in [-0.39, 0.29) is 5.56 Å². The van der Waals surface area contributed by atoms with Crippen molar-refractivity contribution in [3.05, 3.63) is 52.3 Å². The average molecular weight is 244 g/mol. The molecule has 0 aliphatic rings. The Labute approximate surface area is 103 Å². The van der Waals surface area contributed by atoms with E-state index in [0.717, 1.165) is 5.56 Å². The molecule has 18 heavy (non-hydrogen) atoms. The van der Waals surface area contributed by atoms with Crippen LogP contribution in [-0.2, 0) is 0 Å². The van der Waals surface area contributed by atoms with Crippen molar-refractivity contribution in [3.63, 3.8) is 0 Å². The first kappa shape index (κ1) is 11.9. The fourth-order valence-corrected chi connectivity index (χ4v) is 1.63. The summed E-state index contributed by atoms with van der Waals surface area (Å²) in [5.41, 5.74) is 5.91. The standard InChI is InChI=1S/C13H12N2O3/c1-18-9-4-2-3-8(7-9)11-6-5-10(12(14)16)13(17)15-11/h2-7H,1H3,(H2,14,16)(H,15,17). The van der Waals surface area contributed by atoms with Crippen molar-refractivity contribution in [2.75, 3.05) is 7.11 Å². The van der Waals surface area contributed by atoms with Gasteiger partial charge in [0.15, 0.2) is 0 Å². The van der Waals surface area contributed by atoms with Crippen LogP contribution in [0, 0.1) is 0 Å². The van der Waals surface area contributed by atoms with Crippen LogP contribution in [-0.4, -0.2) is 18.0 Å². The van der Waals surface area contributed by atoms with E-state index in [0.29, 0.717) is 11.4 Å². The van der Waals surface area contributed by atoms with Gasteiger partial charge in [-0.05, 0) is 24.3 Å². The molecule has 0 radical (unpaired) electrons. The number of aromatic nitrogens is 1. The van der Waals surface area contributed by atoms with E-state index in [1.54, 1.807) is 25.3 Å². The minimum absolute atomic E-state index is 0.0540. The van der Waals surface area contributed by atoms with Crippen molar-refractivity contribution in [2.45, 2.75) is 0 Å². The molecule has 1 aromatic heterocycles. The first-order valence-corrected chi connectivity index (χ1v) is 5.29. The zero-order chi connectivity index (χ0) is 13.1. The number of ether oxygens (including phenoxy) is 1. The molecule has 0 spiro atoms. The molecule has 1 aromatic carbocycles. The van der Waals surface area contributed by atoms with Gasteiger partial charge in [-0.1, -0.05) is 12.1 Å². The molecule has 1 heterocycles. The Morgan fingerprint density at radius 2 is 2.06 bits per heavy atom. The van der Waals surface area contributed by atoms with Crippen LogP contribution in [0.5, 0.6) is 5.75 Å². The minimum atomic E-state index is -0.742. The highest BCUT2D eigenvalue weighted by molar-refractivity contribution is 5.92. The van der Waals surface area contributed by atoms with Gasteiger partial charge in [0.2, 0.25) is 0 Å². The number of nitrogens with one attached hydrogen (secondary N) is 1. The number of H-pyrrole nitrogens is 1. The van der Waals surface area contributed by atoms with Crippen molar-refractivity contribution < 1.29 is 9.53 Å². The Hall–Kier alpha value is -2.56. The van der Waals surface area contributed by atoms with Crippen molar-refractivity contribution in [3.8, 4) is 17.0 Å². The van der Waals surface area contributed by atoms with Gasteiger partial charge < -0.3 is 15.5 Å². The second-order valence-corrected chi connectivity index (χ2v) is 3.71. The van der Waals surface area contributed by atoms with E-state index in [2.05, 4.69) is 4.98 Å². The van der Waals surface area contributed by atoms with E-state index in [1.807, 2.05) is 12.1 Å². The number of rotatable bonds is 3. The van der Waals surface area contributed by atoms with Crippen molar-refractivity contribution in [1.29, 1.82) is 0 Å². The van der Waals surface area contributed by atoms with Gasteiger partial charge in [-0.25, -0.2) is 0 Å². The summed E-state index contributed by atoms with van der Waals surface area (Å²) >= 11 is 0. The maximum absolute atomic E-state index is 11.6. The van der Waals surface area contributed by atoms with Gasteiger partial charge in [0, 0.05) is 11.3 Å². The highest BCUT2D eigenvalue weighted by Gasteiger charge is 2.07. The summed E-state index contributed by atoms with van der Waals surface area (Å²) in [4.78, 5) is 25.2. The summed E-state index contributed by atoms with van der Waals surface area (Å²) in [6.07, 6.45) is 0. The quantitative estimate of drug-likeness (QED) is 0.849. The number of amides is 1. The highest BCUT2D eigenvalue weighted by atomic mass is 16.5. The number of benzene rings is 1. The molecule has 0 aliphatic heterocycles. The molecular weight excluding hydrogens is 232 g/mol. The summed E-state index contributed by atoms with van der Waals surface area (Å²) < 4.78 is 5.10.